The standard InChI is InChI=1S/C13H24O3/c1-16-12(15)13(9-5-6-10-13)8-4-2-3-7-11-14/h14H,2-11H2,1H3. The van der Waals surface area contributed by atoms with Crippen LogP contribution in [0.1, 0.15) is 57.8 Å². The number of carbonyl (C=O) groups is 1. The Morgan fingerprint density at radius 1 is 1.19 bits per heavy atom. The summed E-state index contributed by atoms with van der Waals surface area (Å²) in [6.45, 7) is 0.280. The molecule has 1 aliphatic rings. The van der Waals surface area contributed by atoms with Gasteiger partial charge in [-0.3, -0.25) is 4.79 Å². The predicted octanol–water partition coefficient (Wildman–Crippen LogP) is 2.66. The number of hydrogen-bond donors (Lipinski definition) is 1. The predicted molar refractivity (Wildman–Crippen MR) is 63.1 cm³/mol. The fourth-order valence-electron chi connectivity index (χ4n) is 2.75. The monoisotopic (exact) mass is 228 g/mol. The third kappa shape index (κ3) is 3.48. The molecule has 0 spiro atoms. The van der Waals surface area contributed by atoms with E-state index in [4.69, 9.17) is 9.84 Å². The normalized spacial score (nSPS) is 18.6. The minimum absolute atomic E-state index is 0.00726. The van der Waals surface area contributed by atoms with Crippen molar-refractivity contribution in [2.24, 2.45) is 5.41 Å². The van der Waals surface area contributed by atoms with E-state index in [0.717, 1.165) is 57.8 Å². The molecule has 0 atom stereocenters. The van der Waals surface area contributed by atoms with Gasteiger partial charge in [-0.15, -0.1) is 0 Å². The van der Waals surface area contributed by atoms with E-state index in [1.807, 2.05) is 0 Å². The first-order valence-electron chi connectivity index (χ1n) is 6.44. The molecule has 1 rings (SSSR count). The highest BCUT2D eigenvalue weighted by atomic mass is 16.5. The van der Waals surface area contributed by atoms with E-state index in [1.165, 1.54) is 7.11 Å². The van der Waals surface area contributed by atoms with E-state index in [-0.39, 0.29) is 18.0 Å². The third-order valence-electron chi connectivity index (χ3n) is 3.74. The van der Waals surface area contributed by atoms with Crippen molar-refractivity contribution in [3.8, 4) is 0 Å². The van der Waals surface area contributed by atoms with E-state index in [9.17, 15) is 4.79 Å². The van der Waals surface area contributed by atoms with Crippen molar-refractivity contribution in [1.82, 2.24) is 0 Å². The summed E-state index contributed by atoms with van der Waals surface area (Å²) in [5.74, 6) is -0.00726. The van der Waals surface area contributed by atoms with Crippen LogP contribution in [-0.2, 0) is 9.53 Å². The topological polar surface area (TPSA) is 46.5 Å². The van der Waals surface area contributed by atoms with Gasteiger partial charge in [0, 0.05) is 6.61 Å². The Labute approximate surface area is 98.2 Å². The van der Waals surface area contributed by atoms with Gasteiger partial charge in [-0.2, -0.15) is 0 Å². The second-order valence-electron chi connectivity index (χ2n) is 4.87. The minimum atomic E-state index is -0.173. The van der Waals surface area contributed by atoms with Gasteiger partial charge >= 0.3 is 5.97 Å². The maximum absolute atomic E-state index is 11.8. The van der Waals surface area contributed by atoms with Crippen molar-refractivity contribution in [1.29, 1.82) is 0 Å². The number of rotatable bonds is 7. The molecule has 1 saturated carbocycles. The summed E-state index contributed by atoms with van der Waals surface area (Å²) < 4.78 is 4.94. The molecule has 0 bridgehead atoms. The van der Waals surface area contributed by atoms with Crippen LogP contribution in [0.4, 0.5) is 0 Å². The lowest BCUT2D eigenvalue weighted by atomic mass is 9.81. The van der Waals surface area contributed by atoms with Gasteiger partial charge in [0.05, 0.1) is 12.5 Å². The first-order valence-corrected chi connectivity index (χ1v) is 6.44. The van der Waals surface area contributed by atoms with Crippen LogP contribution in [0, 0.1) is 5.41 Å². The molecule has 3 nitrogen and oxygen atoms in total. The molecule has 0 aromatic rings. The largest absolute Gasteiger partial charge is 0.469 e. The van der Waals surface area contributed by atoms with Crippen LogP contribution in [0.3, 0.4) is 0 Å². The maximum atomic E-state index is 11.8. The van der Waals surface area contributed by atoms with E-state index in [2.05, 4.69) is 0 Å². The Hall–Kier alpha value is -0.570. The molecule has 0 unspecified atom stereocenters. The first-order chi connectivity index (χ1) is 7.75. The zero-order chi connectivity index (χ0) is 11.9. The Morgan fingerprint density at radius 2 is 1.81 bits per heavy atom. The van der Waals surface area contributed by atoms with Crippen molar-refractivity contribution in [3.05, 3.63) is 0 Å². The molecule has 16 heavy (non-hydrogen) atoms. The summed E-state index contributed by atoms with van der Waals surface area (Å²) in [5.41, 5.74) is -0.173. The number of esters is 1. The van der Waals surface area contributed by atoms with Gasteiger partial charge in [-0.25, -0.2) is 0 Å². The SMILES string of the molecule is COC(=O)C1(CCCCCCO)CCCC1. The highest BCUT2D eigenvalue weighted by Crippen LogP contribution is 2.43. The molecule has 0 amide bonds. The quantitative estimate of drug-likeness (QED) is 0.538. The molecule has 1 aliphatic carbocycles. The maximum Gasteiger partial charge on any atom is 0.311 e. The molecular weight excluding hydrogens is 204 g/mol. The Balaban J connectivity index is 2.31. The van der Waals surface area contributed by atoms with E-state index < -0.39 is 0 Å². The number of methoxy groups -OCH3 is 1. The van der Waals surface area contributed by atoms with Crippen molar-refractivity contribution < 1.29 is 14.6 Å². The molecule has 0 radical (unpaired) electrons. The van der Waals surface area contributed by atoms with Crippen LogP contribution < -0.4 is 0 Å². The summed E-state index contributed by atoms with van der Waals surface area (Å²) >= 11 is 0. The summed E-state index contributed by atoms with van der Waals surface area (Å²) in [7, 11) is 1.49. The molecule has 1 N–H and O–H groups in total. The number of hydrogen-bond acceptors (Lipinski definition) is 3. The van der Waals surface area contributed by atoms with Crippen molar-refractivity contribution >= 4 is 5.97 Å². The van der Waals surface area contributed by atoms with Crippen molar-refractivity contribution in [3.63, 3.8) is 0 Å². The average Bonchev–Trinajstić information content (AvgIpc) is 2.78. The lowest BCUT2D eigenvalue weighted by Gasteiger charge is -2.25. The zero-order valence-corrected chi connectivity index (χ0v) is 10.3. The summed E-state index contributed by atoms with van der Waals surface area (Å²) in [4.78, 5) is 11.8. The molecular formula is C13H24O3. The summed E-state index contributed by atoms with van der Waals surface area (Å²) in [6.07, 6.45) is 9.41. The fraction of sp³-hybridized carbons (Fsp3) is 0.923. The average molecular weight is 228 g/mol. The van der Waals surface area contributed by atoms with E-state index in [1.54, 1.807) is 0 Å². The molecule has 0 heterocycles. The van der Waals surface area contributed by atoms with Gasteiger partial charge in [-0.05, 0) is 25.7 Å². The Bertz CT molecular complexity index is 207. The van der Waals surface area contributed by atoms with Crippen molar-refractivity contribution in [2.45, 2.75) is 57.8 Å². The number of aliphatic hydroxyl groups is 1. The highest BCUT2D eigenvalue weighted by Gasteiger charge is 2.41. The third-order valence-corrected chi connectivity index (χ3v) is 3.74. The molecule has 1 fully saturated rings. The zero-order valence-electron chi connectivity index (χ0n) is 10.3. The molecule has 0 aromatic carbocycles. The van der Waals surface area contributed by atoms with Crippen LogP contribution >= 0.6 is 0 Å². The lowest BCUT2D eigenvalue weighted by molar-refractivity contribution is -0.153. The van der Waals surface area contributed by atoms with Crippen molar-refractivity contribution in [2.75, 3.05) is 13.7 Å². The second kappa shape index (κ2) is 6.89. The van der Waals surface area contributed by atoms with Gasteiger partial charge in [0.2, 0.25) is 0 Å². The van der Waals surface area contributed by atoms with Gasteiger partial charge in [-0.1, -0.05) is 32.1 Å². The number of carbonyl (C=O) groups excluding carboxylic acids is 1. The van der Waals surface area contributed by atoms with Gasteiger partial charge in [0.1, 0.15) is 0 Å². The van der Waals surface area contributed by atoms with Gasteiger partial charge < -0.3 is 9.84 Å². The van der Waals surface area contributed by atoms with E-state index >= 15 is 0 Å². The van der Waals surface area contributed by atoms with Crippen LogP contribution in [0.25, 0.3) is 0 Å². The van der Waals surface area contributed by atoms with Gasteiger partial charge in [0.25, 0.3) is 0 Å². The van der Waals surface area contributed by atoms with E-state index in [0.29, 0.717) is 0 Å². The van der Waals surface area contributed by atoms with Crippen LogP contribution in [0.5, 0.6) is 0 Å². The van der Waals surface area contributed by atoms with Crippen LogP contribution in [0.2, 0.25) is 0 Å². The smallest absolute Gasteiger partial charge is 0.311 e. The minimum Gasteiger partial charge on any atom is -0.469 e. The molecule has 3 heteroatoms. The van der Waals surface area contributed by atoms with Gasteiger partial charge in [0.15, 0.2) is 0 Å². The highest BCUT2D eigenvalue weighted by molar-refractivity contribution is 5.77. The number of unbranched alkanes of at least 4 members (excludes halogenated alkanes) is 3. The lowest BCUT2D eigenvalue weighted by Crippen LogP contribution is -2.29. The van der Waals surface area contributed by atoms with Crippen LogP contribution in [0.15, 0.2) is 0 Å². The number of ether oxygens (including phenoxy) is 1. The molecule has 0 aliphatic heterocycles. The number of aliphatic hydroxyl groups excluding tert-OH is 1. The Kier molecular flexibility index (Phi) is 5.81. The van der Waals surface area contributed by atoms with Crippen LogP contribution in [-0.4, -0.2) is 24.8 Å². The molecule has 94 valence electrons. The second-order valence-corrected chi connectivity index (χ2v) is 4.87. The fourth-order valence-corrected chi connectivity index (χ4v) is 2.75. The first kappa shape index (κ1) is 13.5. The summed E-state index contributed by atoms with van der Waals surface area (Å²) in [5, 5.41) is 8.68. The summed E-state index contributed by atoms with van der Waals surface area (Å²) in [6, 6.07) is 0. The molecule has 0 saturated heterocycles. The Morgan fingerprint density at radius 3 is 2.38 bits per heavy atom. The molecule has 0 aromatic heterocycles.